The third-order valence-electron chi connectivity index (χ3n) is 3.11. The van der Waals surface area contributed by atoms with Crippen molar-refractivity contribution in [2.75, 3.05) is 26.3 Å². The van der Waals surface area contributed by atoms with E-state index in [0.717, 1.165) is 32.7 Å². The molecule has 0 aromatic heterocycles. The summed E-state index contributed by atoms with van der Waals surface area (Å²) in [6, 6.07) is 0. The molecule has 14 heavy (non-hydrogen) atoms. The van der Waals surface area contributed by atoms with Gasteiger partial charge in [-0.15, -0.1) is 0 Å². The van der Waals surface area contributed by atoms with E-state index in [1.807, 2.05) is 13.8 Å². The maximum atomic E-state index is 11.8. The SMILES string of the molecule is C=CC(=O)C(C)(CC)N1CCOCC1. The van der Waals surface area contributed by atoms with Gasteiger partial charge in [0.1, 0.15) is 0 Å². The Morgan fingerprint density at radius 1 is 1.57 bits per heavy atom. The molecule has 1 aliphatic heterocycles. The third-order valence-corrected chi connectivity index (χ3v) is 3.11. The molecule has 1 fully saturated rings. The maximum Gasteiger partial charge on any atom is 0.175 e. The zero-order chi connectivity index (χ0) is 10.6. The molecule has 1 saturated heterocycles. The molecule has 0 aromatic rings. The number of rotatable bonds is 4. The van der Waals surface area contributed by atoms with E-state index < -0.39 is 0 Å². The molecule has 0 aliphatic carbocycles. The molecule has 1 unspecified atom stereocenters. The molecular weight excluding hydrogens is 178 g/mol. The second-order valence-corrected chi connectivity index (χ2v) is 3.80. The van der Waals surface area contributed by atoms with Crippen molar-refractivity contribution in [2.45, 2.75) is 25.8 Å². The fourth-order valence-corrected chi connectivity index (χ4v) is 1.83. The van der Waals surface area contributed by atoms with Crippen LogP contribution in [0, 0.1) is 0 Å². The monoisotopic (exact) mass is 197 g/mol. The Bertz CT molecular complexity index is 221. The molecule has 3 nitrogen and oxygen atoms in total. The lowest BCUT2D eigenvalue weighted by Crippen LogP contribution is -2.55. The van der Waals surface area contributed by atoms with Crippen LogP contribution in [0.4, 0.5) is 0 Å². The highest BCUT2D eigenvalue weighted by atomic mass is 16.5. The van der Waals surface area contributed by atoms with E-state index in [2.05, 4.69) is 11.5 Å². The summed E-state index contributed by atoms with van der Waals surface area (Å²) in [5.74, 6) is 0.113. The van der Waals surface area contributed by atoms with E-state index in [4.69, 9.17) is 4.74 Å². The van der Waals surface area contributed by atoms with E-state index in [1.54, 1.807) is 0 Å². The zero-order valence-electron chi connectivity index (χ0n) is 9.08. The molecule has 3 heteroatoms. The highest BCUT2D eigenvalue weighted by Crippen LogP contribution is 2.22. The minimum atomic E-state index is -0.383. The first-order chi connectivity index (χ1) is 6.65. The Morgan fingerprint density at radius 3 is 2.57 bits per heavy atom. The molecule has 80 valence electrons. The van der Waals surface area contributed by atoms with Crippen molar-refractivity contribution in [2.24, 2.45) is 0 Å². The Kier molecular flexibility index (Phi) is 3.84. The van der Waals surface area contributed by atoms with Crippen LogP contribution in [-0.4, -0.2) is 42.5 Å². The van der Waals surface area contributed by atoms with Gasteiger partial charge < -0.3 is 4.74 Å². The van der Waals surface area contributed by atoms with Crippen molar-refractivity contribution in [3.05, 3.63) is 12.7 Å². The highest BCUT2D eigenvalue weighted by molar-refractivity contribution is 5.97. The van der Waals surface area contributed by atoms with Crippen LogP contribution in [0.3, 0.4) is 0 Å². The minimum absolute atomic E-state index is 0.113. The summed E-state index contributed by atoms with van der Waals surface area (Å²) >= 11 is 0. The first kappa shape index (κ1) is 11.4. The molecule has 0 bridgehead atoms. The largest absolute Gasteiger partial charge is 0.379 e. The van der Waals surface area contributed by atoms with E-state index in [-0.39, 0.29) is 11.3 Å². The molecular formula is C11H19NO2. The average Bonchev–Trinajstić information content (AvgIpc) is 2.28. The molecule has 1 aliphatic rings. The van der Waals surface area contributed by atoms with Gasteiger partial charge in [-0.05, 0) is 19.4 Å². The van der Waals surface area contributed by atoms with Crippen LogP contribution in [0.2, 0.25) is 0 Å². The van der Waals surface area contributed by atoms with Crippen LogP contribution in [0.1, 0.15) is 20.3 Å². The van der Waals surface area contributed by atoms with Gasteiger partial charge in [0.25, 0.3) is 0 Å². The summed E-state index contributed by atoms with van der Waals surface area (Å²) in [5.41, 5.74) is -0.383. The molecule has 1 rings (SSSR count). The van der Waals surface area contributed by atoms with Gasteiger partial charge in [0, 0.05) is 13.1 Å². The summed E-state index contributed by atoms with van der Waals surface area (Å²) in [7, 11) is 0. The van der Waals surface area contributed by atoms with E-state index in [9.17, 15) is 4.79 Å². The first-order valence-corrected chi connectivity index (χ1v) is 5.15. The normalized spacial score (nSPS) is 22.7. The first-order valence-electron chi connectivity index (χ1n) is 5.15. The Hall–Kier alpha value is -0.670. The number of ether oxygens (including phenoxy) is 1. The van der Waals surface area contributed by atoms with Gasteiger partial charge in [-0.2, -0.15) is 0 Å². The quantitative estimate of drug-likeness (QED) is 0.635. The van der Waals surface area contributed by atoms with Crippen LogP contribution in [0.15, 0.2) is 12.7 Å². The Labute approximate surface area is 85.7 Å². The van der Waals surface area contributed by atoms with Gasteiger partial charge >= 0.3 is 0 Å². The van der Waals surface area contributed by atoms with Crippen LogP contribution in [0.25, 0.3) is 0 Å². The summed E-state index contributed by atoms with van der Waals surface area (Å²) in [4.78, 5) is 14.0. The second-order valence-electron chi connectivity index (χ2n) is 3.80. The highest BCUT2D eigenvalue weighted by Gasteiger charge is 2.36. The van der Waals surface area contributed by atoms with Gasteiger partial charge in [0.15, 0.2) is 5.78 Å². The fourth-order valence-electron chi connectivity index (χ4n) is 1.83. The van der Waals surface area contributed by atoms with Crippen LogP contribution < -0.4 is 0 Å². The van der Waals surface area contributed by atoms with Crippen molar-refractivity contribution >= 4 is 5.78 Å². The van der Waals surface area contributed by atoms with Gasteiger partial charge in [-0.25, -0.2) is 0 Å². The molecule has 0 saturated carbocycles. The second kappa shape index (κ2) is 4.71. The molecule has 1 heterocycles. The number of hydrogen-bond donors (Lipinski definition) is 0. The summed E-state index contributed by atoms with van der Waals surface area (Å²) in [6.45, 7) is 10.7. The topological polar surface area (TPSA) is 29.5 Å². The Morgan fingerprint density at radius 2 is 2.14 bits per heavy atom. The lowest BCUT2D eigenvalue weighted by Gasteiger charge is -2.41. The van der Waals surface area contributed by atoms with Crippen LogP contribution in [-0.2, 0) is 9.53 Å². The van der Waals surface area contributed by atoms with Crippen LogP contribution in [0.5, 0.6) is 0 Å². The lowest BCUT2D eigenvalue weighted by atomic mass is 9.90. The van der Waals surface area contributed by atoms with Crippen LogP contribution >= 0.6 is 0 Å². The van der Waals surface area contributed by atoms with Crippen molar-refractivity contribution in [3.63, 3.8) is 0 Å². The smallest absolute Gasteiger partial charge is 0.175 e. The fraction of sp³-hybridized carbons (Fsp3) is 0.727. The van der Waals surface area contributed by atoms with Crippen molar-refractivity contribution in [1.82, 2.24) is 4.90 Å². The number of carbonyl (C=O) groups excluding carboxylic acids is 1. The van der Waals surface area contributed by atoms with Crippen molar-refractivity contribution < 1.29 is 9.53 Å². The van der Waals surface area contributed by atoms with Gasteiger partial charge in [-0.3, -0.25) is 9.69 Å². The number of nitrogens with zero attached hydrogens (tertiary/aromatic N) is 1. The van der Waals surface area contributed by atoms with E-state index in [0.29, 0.717) is 0 Å². The molecule has 0 spiro atoms. The number of morpholine rings is 1. The molecule has 1 atom stereocenters. The number of ketones is 1. The molecule has 0 aromatic carbocycles. The van der Waals surface area contributed by atoms with Gasteiger partial charge in [0.05, 0.1) is 18.8 Å². The predicted molar refractivity (Wildman–Crippen MR) is 56.3 cm³/mol. The molecule has 0 amide bonds. The summed E-state index contributed by atoms with van der Waals surface area (Å²) < 4.78 is 5.27. The average molecular weight is 197 g/mol. The number of hydrogen-bond acceptors (Lipinski definition) is 3. The lowest BCUT2D eigenvalue weighted by molar-refractivity contribution is -0.128. The number of carbonyl (C=O) groups is 1. The van der Waals surface area contributed by atoms with Gasteiger partial charge in [0.2, 0.25) is 0 Å². The minimum Gasteiger partial charge on any atom is -0.379 e. The predicted octanol–water partition coefficient (Wildman–Crippen LogP) is 1.24. The van der Waals surface area contributed by atoms with Crippen molar-refractivity contribution in [1.29, 1.82) is 0 Å². The molecule has 0 N–H and O–H groups in total. The summed E-state index contributed by atoms with van der Waals surface area (Å²) in [5, 5.41) is 0. The molecule has 0 radical (unpaired) electrons. The third kappa shape index (κ3) is 2.04. The Balaban J connectivity index is 2.76. The maximum absolute atomic E-state index is 11.8. The van der Waals surface area contributed by atoms with E-state index in [1.165, 1.54) is 6.08 Å². The summed E-state index contributed by atoms with van der Waals surface area (Å²) in [6.07, 6.45) is 2.25. The van der Waals surface area contributed by atoms with Crippen molar-refractivity contribution in [3.8, 4) is 0 Å². The van der Waals surface area contributed by atoms with E-state index >= 15 is 0 Å². The van der Waals surface area contributed by atoms with Gasteiger partial charge in [-0.1, -0.05) is 13.5 Å². The standard InChI is InChI=1S/C11H19NO2/c1-4-10(13)11(3,5-2)12-6-8-14-9-7-12/h4H,1,5-9H2,2-3H3. The zero-order valence-corrected chi connectivity index (χ0v) is 9.08.